The zero-order valence-corrected chi connectivity index (χ0v) is 13.4. The van der Waals surface area contributed by atoms with Gasteiger partial charge in [0.15, 0.2) is 5.76 Å². The second-order valence-electron chi connectivity index (χ2n) is 5.18. The summed E-state index contributed by atoms with van der Waals surface area (Å²) in [4.78, 5) is 4.22. The first-order valence-electron chi connectivity index (χ1n) is 6.97. The van der Waals surface area contributed by atoms with Crippen molar-refractivity contribution in [3.8, 4) is 23.0 Å². The third-order valence-corrected chi connectivity index (χ3v) is 4.44. The molecule has 3 aromatic rings. The number of furan rings is 1. The van der Waals surface area contributed by atoms with E-state index in [1.165, 1.54) is 12.1 Å². The van der Waals surface area contributed by atoms with E-state index in [4.69, 9.17) is 8.94 Å². The average molecular weight is 333 g/mol. The lowest BCUT2D eigenvalue weighted by Crippen LogP contribution is -2.29. The maximum absolute atomic E-state index is 12.0. The van der Waals surface area contributed by atoms with Crippen molar-refractivity contribution < 1.29 is 17.4 Å². The predicted octanol–water partition coefficient (Wildman–Crippen LogP) is 2.68. The minimum Gasteiger partial charge on any atom is -0.438 e. The Kier molecular flexibility index (Phi) is 4.01. The summed E-state index contributed by atoms with van der Waals surface area (Å²) in [7, 11) is -3.70. The zero-order chi connectivity index (χ0) is 16.4. The molecule has 0 aliphatic heterocycles. The highest BCUT2D eigenvalue weighted by molar-refractivity contribution is 7.89. The van der Waals surface area contributed by atoms with Crippen LogP contribution in [0.25, 0.3) is 23.0 Å². The molecular formula is C15H15N3O4S. The molecule has 0 unspecified atom stereocenters. The van der Waals surface area contributed by atoms with Crippen LogP contribution in [0.1, 0.15) is 13.8 Å². The third-order valence-electron chi connectivity index (χ3n) is 2.91. The van der Waals surface area contributed by atoms with Crippen LogP contribution in [0.2, 0.25) is 0 Å². The largest absolute Gasteiger partial charge is 0.438 e. The first kappa shape index (κ1) is 15.4. The van der Waals surface area contributed by atoms with Crippen LogP contribution in [0.3, 0.4) is 0 Å². The molecule has 0 saturated heterocycles. The van der Waals surface area contributed by atoms with Crippen LogP contribution in [-0.2, 0) is 10.0 Å². The molecule has 0 amide bonds. The van der Waals surface area contributed by atoms with Crippen LogP contribution in [0, 0.1) is 0 Å². The van der Waals surface area contributed by atoms with Gasteiger partial charge < -0.3 is 8.94 Å². The molecule has 2 heterocycles. The Balaban J connectivity index is 1.89. The van der Waals surface area contributed by atoms with E-state index in [0.717, 1.165) is 5.56 Å². The molecule has 0 bridgehead atoms. The molecule has 0 fully saturated rings. The molecule has 0 spiro atoms. The van der Waals surface area contributed by atoms with Crippen LogP contribution in [-0.4, -0.2) is 24.6 Å². The lowest BCUT2D eigenvalue weighted by Gasteiger charge is -2.06. The summed E-state index contributed by atoms with van der Waals surface area (Å²) in [5, 5.41) is 3.68. The van der Waals surface area contributed by atoms with E-state index in [2.05, 4.69) is 14.9 Å². The van der Waals surface area contributed by atoms with Gasteiger partial charge in [0.05, 0.1) is 0 Å². The minimum absolute atomic E-state index is 0.120. The van der Waals surface area contributed by atoms with Crippen LogP contribution in [0.5, 0.6) is 0 Å². The first-order chi connectivity index (χ1) is 11.0. The number of nitrogens with zero attached hydrogens (tertiary/aromatic N) is 2. The van der Waals surface area contributed by atoms with Gasteiger partial charge in [-0.2, -0.15) is 4.98 Å². The summed E-state index contributed by atoms with van der Waals surface area (Å²) >= 11 is 0. The van der Waals surface area contributed by atoms with Gasteiger partial charge in [-0.25, -0.2) is 13.1 Å². The molecule has 0 atom stereocenters. The zero-order valence-electron chi connectivity index (χ0n) is 12.6. The number of benzene rings is 1. The smallest absolute Gasteiger partial charge is 0.293 e. The van der Waals surface area contributed by atoms with Crippen molar-refractivity contribution in [3.05, 3.63) is 42.5 Å². The highest BCUT2D eigenvalue weighted by Crippen LogP contribution is 2.25. The van der Waals surface area contributed by atoms with E-state index in [0.29, 0.717) is 5.82 Å². The SMILES string of the molecule is CC(C)NS(=O)(=O)c1ccc(-c2nc(-c3ccccc3)no2)o1. The van der Waals surface area contributed by atoms with Gasteiger partial charge in [-0.1, -0.05) is 35.5 Å². The number of nitrogens with one attached hydrogen (secondary N) is 1. The van der Waals surface area contributed by atoms with E-state index in [-0.39, 0.29) is 22.8 Å². The van der Waals surface area contributed by atoms with Crippen LogP contribution in [0.15, 0.2) is 56.5 Å². The predicted molar refractivity (Wildman–Crippen MR) is 82.9 cm³/mol. The van der Waals surface area contributed by atoms with Gasteiger partial charge in [-0.3, -0.25) is 0 Å². The topological polar surface area (TPSA) is 98.2 Å². The van der Waals surface area contributed by atoms with Gasteiger partial charge >= 0.3 is 0 Å². The molecule has 0 aliphatic rings. The molecule has 2 aromatic heterocycles. The third kappa shape index (κ3) is 3.33. The number of hydrogen-bond donors (Lipinski definition) is 1. The summed E-state index contributed by atoms with van der Waals surface area (Å²) in [6, 6.07) is 11.9. The fourth-order valence-corrected chi connectivity index (χ4v) is 3.16. The molecule has 1 N–H and O–H groups in total. The summed E-state index contributed by atoms with van der Waals surface area (Å²) in [6.07, 6.45) is 0. The van der Waals surface area contributed by atoms with Crippen LogP contribution < -0.4 is 4.72 Å². The first-order valence-corrected chi connectivity index (χ1v) is 8.46. The second kappa shape index (κ2) is 5.98. The second-order valence-corrected chi connectivity index (χ2v) is 6.83. The quantitative estimate of drug-likeness (QED) is 0.771. The van der Waals surface area contributed by atoms with E-state index < -0.39 is 10.0 Å². The summed E-state index contributed by atoms with van der Waals surface area (Å²) in [5.74, 6) is 0.723. The Morgan fingerprint density at radius 2 is 1.83 bits per heavy atom. The Morgan fingerprint density at radius 3 is 2.52 bits per heavy atom. The lowest BCUT2D eigenvalue weighted by molar-refractivity contribution is 0.398. The van der Waals surface area contributed by atoms with E-state index >= 15 is 0 Å². The lowest BCUT2D eigenvalue weighted by atomic mass is 10.2. The fraction of sp³-hybridized carbons (Fsp3) is 0.200. The summed E-state index contributed by atoms with van der Waals surface area (Å²) in [6.45, 7) is 3.46. The molecule has 0 aliphatic carbocycles. The maximum Gasteiger partial charge on any atom is 0.293 e. The molecule has 8 heteroatoms. The molecular weight excluding hydrogens is 318 g/mol. The summed E-state index contributed by atoms with van der Waals surface area (Å²) in [5.41, 5.74) is 0.795. The monoisotopic (exact) mass is 333 g/mol. The van der Waals surface area contributed by atoms with E-state index in [1.54, 1.807) is 13.8 Å². The van der Waals surface area contributed by atoms with Crippen molar-refractivity contribution in [1.82, 2.24) is 14.9 Å². The number of rotatable bonds is 5. The van der Waals surface area contributed by atoms with Crippen LogP contribution >= 0.6 is 0 Å². The van der Waals surface area contributed by atoms with Crippen molar-refractivity contribution in [2.45, 2.75) is 25.0 Å². The Bertz CT molecular complexity index is 898. The van der Waals surface area contributed by atoms with Gasteiger partial charge in [0.1, 0.15) is 0 Å². The molecule has 0 saturated carbocycles. The Morgan fingerprint density at radius 1 is 1.09 bits per heavy atom. The maximum atomic E-state index is 12.0. The highest BCUT2D eigenvalue weighted by atomic mass is 32.2. The molecule has 120 valence electrons. The summed E-state index contributed by atoms with van der Waals surface area (Å²) < 4.78 is 37.0. The van der Waals surface area contributed by atoms with E-state index in [1.807, 2.05) is 30.3 Å². The fourth-order valence-electron chi connectivity index (χ4n) is 1.98. The molecule has 0 radical (unpaired) electrons. The Labute approximate surface area is 133 Å². The molecule has 7 nitrogen and oxygen atoms in total. The van der Waals surface area contributed by atoms with Crippen molar-refractivity contribution in [2.75, 3.05) is 0 Å². The highest BCUT2D eigenvalue weighted by Gasteiger charge is 2.22. The molecule has 1 aromatic carbocycles. The van der Waals surface area contributed by atoms with Gasteiger partial charge in [-0.05, 0) is 26.0 Å². The van der Waals surface area contributed by atoms with E-state index in [9.17, 15) is 8.42 Å². The van der Waals surface area contributed by atoms with Gasteiger partial charge in [-0.15, -0.1) is 0 Å². The van der Waals surface area contributed by atoms with Crippen molar-refractivity contribution in [1.29, 1.82) is 0 Å². The van der Waals surface area contributed by atoms with Gasteiger partial charge in [0.25, 0.3) is 15.9 Å². The van der Waals surface area contributed by atoms with Gasteiger partial charge in [0.2, 0.25) is 10.9 Å². The minimum atomic E-state index is -3.70. The molecule has 23 heavy (non-hydrogen) atoms. The standard InChI is InChI=1S/C15H15N3O4S/c1-10(2)18-23(19,20)13-9-8-12(21-13)15-16-14(17-22-15)11-6-4-3-5-7-11/h3-10,18H,1-2H3. The molecule has 3 rings (SSSR count). The van der Waals surface area contributed by atoms with Crippen LogP contribution in [0.4, 0.5) is 0 Å². The number of hydrogen-bond acceptors (Lipinski definition) is 6. The van der Waals surface area contributed by atoms with Crippen molar-refractivity contribution >= 4 is 10.0 Å². The number of aromatic nitrogens is 2. The van der Waals surface area contributed by atoms with Crippen molar-refractivity contribution in [2.24, 2.45) is 0 Å². The van der Waals surface area contributed by atoms with Gasteiger partial charge in [0, 0.05) is 11.6 Å². The normalized spacial score (nSPS) is 12.0. The van der Waals surface area contributed by atoms with Crippen molar-refractivity contribution in [3.63, 3.8) is 0 Å². The number of sulfonamides is 1. The Hall–Kier alpha value is -2.45. The average Bonchev–Trinajstić information content (AvgIpc) is 3.16.